The Morgan fingerprint density at radius 2 is 1.70 bits per heavy atom. The molecule has 0 N–H and O–H groups in total. The zero-order valence-corrected chi connectivity index (χ0v) is 15.6. The first-order chi connectivity index (χ1) is 13.3. The Hall–Kier alpha value is -2.63. The quantitative estimate of drug-likeness (QED) is 0.662. The zero-order chi connectivity index (χ0) is 18.5. The lowest BCUT2D eigenvalue weighted by Gasteiger charge is -2.26. The Morgan fingerprint density at radius 1 is 0.963 bits per heavy atom. The Morgan fingerprint density at radius 3 is 2.44 bits per heavy atom. The summed E-state index contributed by atoms with van der Waals surface area (Å²) in [5.74, 6) is 1.56. The fourth-order valence-electron chi connectivity index (χ4n) is 2.89. The van der Waals surface area contributed by atoms with Crippen LogP contribution in [-0.2, 0) is 11.3 Å². The van der Waals surface area contributed by atoms with Crippen molar-refractivity contribution in [1.82, 2.24) is 9.97 Å². The molecule has 0 saturated carbocycles. The van der Waals surface area contributed by atoms with Crippen LogP contribution in [0.15, 0.2) is 60.8 Å². The summed E-state index contributed by atoms with van der Waals surface area (Å²) in [6.45, 7) is 3.58. The third-order valence-electron chi connectivity index (χ3n) is 4.41. The standard InChI is InChI=1S/C21H20ClN3O2/c22-18-5-1-16(2-6-18)15-27-19-7-3-17(4-8-19)20-9-10-23-21(24-20)25-11-13-26-14-12-25/h1-10H,11-15H2. The minimum Gasteiger partial charge on any atom is -0.489 e. The summed E-state index contributed by atoms with van der Waals surface area (Å²) in [7, 11) is 0. The molecule has 0 radical (unpaired) electrons. The third-order valence-corrected chi connectivity index (χ3v) is 4.66. The molecule has 4 rings (SSSR count). The van der Waals surface area contributed by atoms with Crippen LogP contribution in [0.3, 0.4) is 0 Å². The van der Waals surface area contributed by atoms with Crippen LogP contribution in [0, 0.1) is 0 Å². The van der Waals surface area contributed by atoms with Crippen LogP contribution in [0.25, 0.3) is 11.3 Å². The SMILES string of the molecule is Clc1ccc(COc2ccc(-c3ccnc(N4CCOCC4)n3)cc2)cc1. The summed E-state index contributed by atoms with van der Waals surface area (Å²) in [6.07, 6.45) is 1.80. The summed E-state index contributed by atoms with van der Waals surface area (Å²) in [5, 5.41) is 0.726. The topological polar surface area (TPSA) is 47.5 Å². The van der Waals surface area contributed by atoms with Crippen LogP contribution in [0.5, 0.6) is 5.75 Å². The Balaban J connectivity index is 1.43. The number of hydrogen-bond donors (Lipinski definition) is 0. The molecule has 1 aliphatic heterocycles. The number of halogens is 1. The van der Waals surface area contributed by atoms with E-state index in [1.165, 1.54) is 0 Å². The molecule has 0 aliphatic carbocycles. The second-order valence-electron chi connectivity index (χ2n) is 6.28. The van der Waals surface area contributed by atoms with Gasteiger partial charge in [0.15, 0.2) is 0 Å². The molecule has 138 valence electrons. The molecule has 6 heteroatoms. The number of aromatic nitrogens is 2. The summed E-state index contributed by atoms with van der Waals surface area (Å²) in [5.41, 5.74) is 3.01. The highest BCUT2D eigenvalue weighted by molar-refractivity contribution is 6.30. The van der Waals surface area contributed by atoms with E-state index in [1.54, 1.807) is 6.20 Å². The van der Waals surface area contributed by atoms with Crippen molar-refractivity contribution >= 4 is 17.5 Å². The van der Waals surface area contributed by atoms with Gasteiger partial charge in [-0.05, 0) is 48.0 Å². The molecule has 1 aliphatic rings. The first kappa shape index (κ1) is 17.8. The van der Waals surface area contributed by atoms with Crippen LogP contribution < -0.4 is 9.64 Å². The van der Waals surface area contributed by atoms with Crippen LogP contribution in [0.2, 0.25) is 5.02 Å². The van der Waals surface area contributed by atoms with E-state index in [1.807, 2.05) is 54.6 Å². The van der Waals surface area contributed by atoms with Gasteiger partial charge in [-0.25, -0.2) is 9.97 Å². The number of hydrogen-bond acceptors (Lipinski definition) is 5. The molecular weight excluding hydrogens is 362 g/mol. The number of anilines is 1. The van der Waals surface area contributed by atoms with Gasteiger partial charge in [0.05, 0.1) is 18.9 Å². The van der Waals surface area contributed by atoms with Crippen molar-refractivity contribution in [3.05, 3.63) is 71.4 Å². The summed E-state index contributed by atoms with van der Waals surface area (Å²) < 4.78 is 11.2. The first-order valence-electron chi connectivity index (χ1n) is 8.91. The Kier molecular flexibility index (Phi) is 5.51. The molecule has 2 aromatic carbocycles. The average Bonchev–Trinajstić information content (AvgIpc) is 2.74. The number of morpholine rings is 1. The molecule has 5 nitrogen and oxygen atoms in total. The van der Waals surface area contributed by atoms with Crippen LogP contribution >= 0.6 is 11.6 Å². The van der Waals surface area contributed by atoms with Crippen LogP contribution in [0.1, 0.15) is 5.56 Å². The number of rotatable bonds is 5. The van der Waals surface area contributed by atoms with Gasteiger partial charge in [0.2, 0.25) is 5.95 Å². The van der Waals surface area contributed by atoms with Gasteiger partial charge < -0.3 is 14.4 Å². The largest absolute Gasteiger partial charge is 0.489 e. The number of ether oxygens (including phenoxy) is 2. The van der Waals surface area contributed by atoms with E-state index in [-0.39, 0.29) is 0 Å². The molecule has 1 aromatic heterocycles. The molecule has 0 unspecified atom stereocenters. The van der Waals surface area contributed by atoms with E-state index in [9.17, 15) is 0 Å². The van der Waals surface area contributed by atoms with Gasteiger partial charge >= 0.3 is 0 Å². The Bertz CT molecular complexity index is 879. The number of benzene rings is 2. The number of nitrogens with zero attached hydrogens (tertiary/aromatic N) is 3. The van der Waals surface area contributed by atoms with Crippen LogP contribution in [0.4, 0.5) is 5.95 Å². The lowest BCUT2D eigenvalue weighted by Crippen LogP contribution is -2.37. The van der Waals surface area contributed by atoms with Gasteiger partial charge in [-0.2, -0.15) is 0 Å². The van der Waals surface area contributed by atoms with Crippen molar-refractivity contribution in [3.63, 3.8) is 0 Å². The van der Waals surface area contributed by atoms with Gasteiger partial charge in [-0.15, -0.1) is 0 Å². The highest BCUT2D eigenvalue weighted by atomic mass is 35.5. The van der Waals surface area contributed by atoms with Gasteiger partial charge in [0, 0.05) is 29.9 Å². The first-order valence-corrected chi connectivity index (χ1v) is 9.29. The molecule has 2 heterocycles. The van der Waals surface area contributed by atoms with Gasteiger partial charge in [0.1, 0.15) is 12.4 Å². The lowest BCUT2D eigenvalue weighted by atomic mass is 10.1. The smallest absolute Gasteiger partial charge is 0.226 e. The van der Waals surface area contributed by atoms with Gasteiger partial charge in [-0.1, -0.05) is 23.7 Å². The highest BCUT2D eigenvalue weighted by Crippen LogP contribution is 2.23. The molecular formula is C21H20ClN3O2. The molecule has 0 spiro atoms. The minimum atomic E-state index is 0.505. The average molecular weight is 382 g/mol. The van der Waals surface area contributed by atoms with Crippen molar-refractivity contribution in [2.75, 3.05) is 31.2 Å². The van der Waals surface area contributed by atoms with Crippen molar-refractivity contribution in [2.45, 2.75) is 6.61 Å². The normalized spacial score (nSPS) is 14.2. The summed E-state index contributed by atoms with van der Waals surface area (Å²) in [4.78, 5) is 11.3. The van der Waals surface area contributed by atoms with Crippen LogP contribution in [-0.4, -0.2) is 36.3 Å². The Labute approximate surface area is 163 Å². The predicted molar refractivity (Wildman–Crippen MR) is 106 cm³/mol. The molecule has 0 atom stereocenters. The predicted octanol–water partition coefficient (Wildman–Crippen LogP) is 4.21. The van der Waals surface area contributed by atoms with Gasteiger partial charge in [-0.3, -0.25) is 0 Å². The molecule has 1 saturated heterocycles. The maximum absolute atomic E-state index is 5.90. The molecule has 3 aromatic rings. The molecule has 0 amide bonds. The second kappa shape index (κ2) is 8.37. The molecule has 0 bridgehead atoms. The van der Waals surface area contributed by atoms with Crippen molar-refractivity contribution in [3.8, 4) is 17.0 Å². The monoisotopic (exact) mass is 381 g/mol. The van der Waals surface area contributed by atoms with E-state index in [0.717, 1.165) is 46.6 Å². The van der Waals surface area contributed by atoms with E-state index >= 15 is 0 Å². The van der Waals surface area contributed by atoms with E-state index < -0.39 is 0 Å². The maximum atomic E-state index is 5.90. The van der Waals surface area contributed by atoms with Crippen molar-refractivity contribution < 1.29 is 9.47 Å². The van der Waals surface area contributed by atoms with Crippen molar-refractivity contribution in [1.29, 1.82) is 0 Å². The summed E-state index contributed by atoms with van der Waals surface area (Å²) >= 11 is 5.90. The summed E-state index contributed by atoms with van der Waals surface area (Å²) in [6, 6.07) is 17.5. The second-order valence-corrected chi connectivity index (χ2v) is 6.72. The fourth-order valence-corrected chi connectivity index (χ4v) is 3.02. The highest BCUT2D eigenvalue weighted by Gasteiger charge is 2.14. The van der Waals surface area contributed by atoms with E-state index in [2.05, 4.69) is 9.88 Å². The van der Waals surface area contributed by atoms with Gasteiger partial charge in [0.25, 0.3) is 0 Å². The van der Waals surface area contributed by atoms with E-state index in [0.29, 0.717) is 19.8 Å². The zero-order valence-electron chi connectivity index (χ0n) is 14.8. The van der Waals surface area contributed by atoms with E-state index in [4.69, 9.17) is 26.1 Å². The lowest BCUT2D eigenvalue weighted by molar-refractivity contribution is 0.122. The van der Waals surface area contributed by atoms with Crippen molar-refractivity contribution in [2.24, 2.45) is 0 Å². The minimum absolute atomic E-state index is 0.505. The third kappa shape index (κ3) is 4.56. The molecule has 27 heavy (non-hydrogen) atoms. The molecule has 1 fully saturated rings. The fraction of sp³-hybridized carbons (Fsp3) is 0.238. The maximum Gasteiger partial charge on any atom is 0.226 e.